The van der Waals surface area contributed by atoms with Crippen LogP contribution in [0.1, 0.15) is 22.9 Å². The molecule has 22 heavy (non-hydrogen) atoms. The van der Waals surface area contributed by atoms with E-state index in [1.54, 1.807) is 18.9 Å². The molecule has 114 valence electrons. The topological polar surface area (TPSA) is 29.5 Å². The van der Waals surface area contributed by atoms with Gasteiger partial charge in [0.25, 0.3) is 0 Å². The summed E-state index contributed by atoms with van der Waals surface area (Å²) in [5.74, 6) is 1.90. The predicted octanol–water partition coefficient (Wildman–Crippen LogP) is 3.86. The van der Waals surface area contributed by atoms with Crippen molar-refractivity contribution in [3.05, 3.63) is 65.7 Å². The van der Waals surface area contributed by atoms with Gasteiger partial charge in [-0.1, -0.05) is 48.5 Å². The number of benzene rings is 2. The minimum absolute atomic E-state index is 0.0117. The molecule has 0 saturated carbocycles. The lowest BCUT2D eigenvalue weighted by Crippen LogP contribution is -2.36. The molecule has 0 radical (unpaired) electrons. The zero-order valence-corrected chi connectivity index (χ0v) is 13.4. The fourth-order valence-electron chi connectivity index (χ4n) is 2.70. The van der Waals surface area contributed by atoms with Gasteiger partial charge in [-0.25, -0.2) is 0 Å². The van der Waals surface area contributed by atoms with Crippen molar-refractivity contribution in [1.29, 1.82) is 0 Å². The number of carbonyl (C=O) groups excluding carboxylic acids is 1. The van der Waals surface area contributed by atoms with Crippen LogP contribution in [0.4, 0.5) is 0 Å². The van der Waals surface area contributed by atoms with Crippen LogP contribution in [0.25, 0.3) is 0 Å². The highest BCUT2D eigenvalue weighted by Gasteiger charge is 2.31. The van der Waals surface area contributed by atoms with Crippen molar-refractivity contribution in [1.82, 2.24) is 4.90 Å². The molecule has 3 nitrogen and oxygen atoms in total. The van der Waals surface area contributed by atoms with E-state index in [1.165, 1.54) is 0 Å². The van der Waals surface area contributed by atoms with E-state index < -0.39 is 0 Å². The summed E-state index contributed by atoms with van der Waals surface area (Å²) in [6.45, 7) is 0.634. The molecule has 3 rings (SSSR count). The molecule has 0 spiro atoms. The number of carbonyl (C=O) groups is 1. The van der Waals surface area contributed by atoms with Crippen LogP contribution >= 0.6 is 11.8 Å². The lowest BCUT2D eigenvalue weighted by atomic mass is 10.1. The molecule has 1 atom stereocenters. The molecular formula is C18H19NO2S. The largest absolute Gasteiger partial charge is 0.496 e. The van der Waals surface area contributed by atoms with E-state index in [9.17, 15) is 4.79 Å². The first-order valence-electron chi connectivity index (χ1n) is 7.37. The van der Waals surface area contributed by atoms with Gasteiger partial charge in [0.05, 0.1) is 7.11 Å². The second-order valence-electron chi connectivity index (χ2n) is 5.22. The average Bonchev–Trinajstić information content (AvgIpc) is 2.57. The molecule has 2 aromatic carbocycles. The Bertz CT molecular complexity index is 645. The number of hydrogen-bond donors (Lipinski definition) is 0. The van der Waals surface area contributed by atoms with Gasteiger partial charge in [-0.3, -0.25) is 4.79 Å². The van der Waals surface area contributed by atoms with Crippen molar-refractivity contribution in [2.24, 2.45) is 0 Å². The number of para-hydroxylation sites is 1. The number of rotatable bonds is 4. The van der Waals surface area contributed by atoms with Crippen molar-refractivity contribution >= 4 is 17.7 Å². The smallest absolute Gasteiger partial charge is 0.224 e. The highest BCUT2D eigenvalue weighted by atomic mass is 32.2. The summed E-state index contributed by atoms with van der Waals surface area (Å²) in [5, 5.41) is 0.0117. The Morgan fingerprint density at radius 1 is 1.14 bits per heavy atom. The molecule has 1 amide bonds. The Morgan fingerprint density at radius 3 is 2.64 bits per heavy atom. The summed E-state index contributed by atoms with van der Waals surface area (Å²) in [6, 6.07) is 18.1. The van der Waals surface area contributed by atoms with Crippen molar-refractivity contribution in [3.8, 4) is 5.75 Å². The van der Waals surface area contributed by atoms with Crippen LogP contribution in [0.5, 0.6) is 5.75 Å². The van der Waals surface area contributed by atoms with Crippen LogP contribution in [-0.4, -0.2) is 23.7 Å². The number of methoxy groups -OCH3 is 1. The standard InChI is InChI=1S/C18H19NO2S/c1-21-16-10-6-5-9-15(16)18-19(17(20)11-12-22-18)13-14-7-3-2-4-8-14/h2-10,18H,11-13H2,1H3. The summed E-state index contributed by atoms with van der Waals surface area (Å²) in [4.78, 5) is 14.4. The number of nitrogens with zero attached hydrogens (tertiary/aromatic N) is 1. The monoisotopic (exact) mass is 313 g/mol. The van der Waals surface area contributed by atoms with E-state index >= 15 is 0 Å². The number of thioether (sulfide) groups is 1. The van der Waals surface area contributed by atoms with Gasteiger partial charge in [0.2, 0.25) is 5.91 Å². The Labute approximate surface area is 135 Å². The van der Waals surface area contributed by atoms with E-state index in [1.807, 2.05) is 47.4 Å². The van der Waals surface area contributed by atoms with Crippen LogP contribution in [-0.2, 0) is 11.3 Å². The summed E-state index contributed by atoms with van der Waals surface area (Å²) in [5.41, 5.74) is 2.22. The minimum Gasteiger partial charge on any atom is -0.496 e. The first-order valence-corrected chi connectivity index (χ1v) is 8.42. The molecule has 0 aromatic heterocycles. The van der Waals surface area contributed by atoms with E-state index in [0.717, 1.165) is 22.6 Å². The summed E-state index contributed by atoms with van der Waals surface area (Å²) < 4.78 is 5.48. The number of amides is 1. The Morgan fingerprint density at radius 2 is 1.86 bits per heavy atom. The zero-order valence-electron chi connectivity index (χ0n) is 12.6. The number of ether oxygens (including phenoxy) is 1. The van der Waals surface area contributed by atoms with Crippen LogP contribution < -0.4 is 4.74 Å². The second-order valence-corrected chi connectivity index (χ2v) is 6.41. The second kappa shape index (κ2) is 6.88. The fourth-order valence-corrected chi connectivity index (χ4v) is 3.96. The van der Waals surface area contributed by atoms with Gasteiger partial charge in [-0.2, -0.15) is 0 Å². The molecule has 0 aliphatic carbocycles. The first kappa shape index (κ1) is 15.0. The minimum atomic E-state index is 0.0117. The first-order chi connectivity index (χ1) is 10.8. The van der Waals surface area contributed by atoms with Crippen molar-refractivity contribution in [2.75, 3.05) is 12.9 Å². The quantitative estimate of drug-likeness (QED) is 0.858. The summed E-state index contributed by atoms with van der Waals surface area (Å²) in [6.07, 6.45) is 0.600. The Balaban J connectivity index is 1.91. The van der Waals surface area contributed by atoms with Gasteiger partial charge >= 0.3 is 0 Å². The van der Waals surface area contributed by atoms with Crippen LogP contribution in [0.2, 0.25) is 0 Å². The lowest BCUT2D eigenvalue weighted by molar-refractivity contribution is -0.132. The summed E-state index contributed by atoms with van der Waals surface area (Å²) in [7, 11) is 1.68. The molecule has 2 aromatic rings. The summed E-state index contributed by atoms with van der Waals surface area (Å²) >= 11 is 1.80. The maximum Gasteiger partial charge on any atom is 0.224 e. The molecule has 1 heterocycles. The van der Waals surface area contributed by atoms with E-state index in [4.69, 9.17) is 4.74 Å². The van der Waals surface area contributed by atoms with Crippen molar-refractivity contribution < 1.29 is 9.53 Å². The van der Waals surface area contributed by atoms with Crippen LogP contribution in [0.15, 0.2) is 54.6 Å². The maximum absolute atomic E-state index is 12.5. The molecule has 1 fully saturated rings. The van der Waals surface area contributed by atoms with Gasteiger partial charge in [0.15, 0.2) is 0 Å². The van der Waals surface area contributed by atoms with E-state index in [2.05, 4.69) is 12.1 Å². The Kier molecular flexibility index (Phi) is 4.68. The molecule has 4 heteroatoms. The van der Waals surface area contributed by atoms with Gasteiger partial charge in [0.1, 0.15) is 11.1 Å². The molecular weight excluding hydrogens is 294 g/mol. The van der Waals surface area contributed by atoms with Gasteiger partial charge in [-0.05, 0) is 11.6 Å². The van der Waals surface area contributed by atoms with E-state index in [-0.39, 0.29) is 11.3 Å². The van der Waals surface area contributed by atoms with Gasteiger partial charge < -0.3 is 9.64 Å². The Hall–Kier alpha value is -1.94. The van der Waals surface area contributed by atoms with Crippen molar-refractivity contribution in [2.45, 2.75) is 18.3 Å². The third-order valence-corrected chi connectivity index (χ3v) is 5.06. The van der Waals surface area contributed by atoms with Gasteiger partial charge in [0, 0.05) is 24.3 Å². The SMILES string of the molecule is COc1ccccc1C1SCCC(=O)N1Cc1ccccc1. The molecule has 1 aliphatic rings. The molecule has 0 bridgehead atoms. The van der Waals surface area contributed by atoms with Crippen molar-refractivity contribution in [3.63, 3.8) is 0 Å². The highest BCUT2D eigenvalue weighted by Crippen LogP contribution is 2.41. The number of hydrogen-bond acceptors (Lipinski definition) is 3. The van der Waals surface area contributed by atoms with Crippen LogP contribution in [0, 0.1) is 0 Å². The normalized spacial score (nSPS) is 18.3. The molecule has 0 N–H and O–H groups in total. The highest BCUT2D eigenvalue weighted by molar-refractivity contribution is 7.99. The van der Waals surface area contributed by atoms with E-state index in [0.29, 0.717) is 13.0 Å². The molecule has 1 aliphatic heterocycles. The lowest BCUT2D eigenvalue weighted by Gasteiger charge is -2.36. The zero-order chi connectivity index (χ0) is 15.4. The van der Waals surface area contributed by atoms with Gasteiger partial charge in [-0.15, -0.1) is 11.8 Å². The maximum atomic E-state index is 12.5. The van der Waals surface area contributed by atoms with Crippen LogP contribution in [0.3, 0.4) is 0 Å². The molecule has 1 saturated heterocycles. The third-order valence-electron chi connectivity index (χ3n) is 3.80. The predicted molar refractivity (Wildman–Crippen MR) is 89.8 cm³/mol. The fraction of sp³-hybridized carbons (Fsp3) is 0.278. The third kappa shape index (κ3) is 3.12. The average molecular weight is 313 g/mol. The molecule has 1 unspecified atom stereocenters.